The molecule has 0 N–H and O–H groups in total. The highest BCUT2D eigenvalue weighted by molar-refractivity contribution is 5.96. The van der Waals surface area contributed by atoms with Gasteiger partial charge in [-0.05, 0) is 36.4 Å². The van der Waals surface area contributed by atoms with E-state index < -0.39 is 0 Å². The zero-order valence-electron chi connectivity index (χ0n) is 12.6. The fourth-order valence-corrected chi connectivity index (χ4v) is 2.76. The Bertz CT molecular complexity index is 864. The number of halogens is 1. The number of carbonyl (C=O) groups is 1. The van der Waals surface area contributed by atoms with E-state index in [0.717, 1.165) is 5.56 Å². The van der Waals surface area contributed by atoms with Crippen molar-refractivity contribution in [3.05, 3.63) is 60.5 Å². The van der Waals surface area contributed by atoms with Crippen molar-refractivity contribution in [2.45, 2.75) is 12.3 Å². The van der Waals surface area contributed by atoms with E-state index in [4.69, 9.17) is 4.52 Å². The summed E-state index contributed by atoms with van der Waals surface area (Å²) in [5, 5.41) is 3.96. The molecule has 2 aromatic heterocycles. The zero-order chi connectivity index (χ0) is 16.5. The monoisotopic (exact) mass is 324 g/mol. The average molecular weight is 324 g/mol. The highest BCUT2D eigenvalue weighted by Gasteiger charge is 2.35. The van der Waals surface area contributed by atoms with Crippen LogP contribution in [0.25, 0.3) is 11.4 Å². The Hall–Kier alpha value is -3.09. The maximum Gasteiger partial charge on any atom is 0.232 e. The maximum absolute atomic E-state index is 13.0. The summed E-state index contributed by atoms with van der Waals surface area (Å²) in [4.78, 5) is 22.3. The van der Waals surface area contributed by atoms with Gasteiger partial charge in [0, 0.05) is 36.6 Å². The lowest BCUT2D eigenvalue weighted by Gasteiger charge is -2.15. The molecule has 0 radical (unpaired) electrons. The van der Waals surface area contributed by atoms with Gasteiger partial charge in [0.2, 0.25) is 17.6 Å². The Balaban J connectivity index is 1.55. The number of benzene rings is 1. The van der Waals surface area contributed by atoms with E-state index in [1.807, 2.05) is 6.07 Å². The molecule has 6 nitrogen and oxygen atoms in total. The standard InChI is InChI=1S/C17H13FN4O2/c18-13-3-5-14(6-4-13)22-10-12(8-15(22)23)17-20-16(21-24-17)11-2-1-7-19-9-11/h1-7,9,12H,8,10H2/t12-/m0/s1. The molecule has 1 aliphatic rings. The van der Waals surface area contributed by atoms with Crippen molar-refractivity contribution >= 4 is 11.6 Å². The van der Waals surface area contributed by atoms with E-state index in [0.29, 0.717) is 23.9 Å². The van der Waals surface area contributed by atoms with Gasteiger partial charge in [0.15, 0.2) is 0 Å². The van der Waals surface area contributed by atoms with Crippen molar-refractivity contribution < 1.29 is 13.7 Å². The van der Waals surface area contributed by atoms with Gasteiger partial charge in [0.1, 0.15) is 5.82 Å². The van der Waals surface area contributed by atoms with Crippen LogP contribution in [0.3, 0.4) is 0 Å². The molecule has 1 atom stereocenters. The largest absolute Gasteiger partial charge is 0.339 e. The molecule has 0 bridgehead atoms. The van der Waals surface area contributed by atoms with Gasteiger partial charge in [0.05, 0.1) is 5.92 Å². The number of rotatable bonds is 3. The molecule has 0 saturated carbocycles. The molecule has 0 unspecified atom stereocenters. The van der Waals surface area contributed by atoms with Crippen LogP contribution in [0.15, 0.2) is 53.3 Å². The first kappa shape index (κ1) is 14.5. The van der Waals surface area contributed by atoms with Crippen LogP contribution in [0.1, 0.15) is 18.2 Å². The Labute approximate surface area is 136 Å². The van der Waals surface area contributed by atoms with Crippen LogP contribution in [-0.4, -0.2) is 27.6 Å². The van der Waals surface area contributed by atoms with Crippen LogP contribution in [0, 0.1) is 5.82 Å². The van der Waals surface area contributed by atoms with E-state index >= 15 is 0 Å². The lowest BCUT2D eigenvalue weighted by atomic mass is 10.1. The Morgan fingerprint density at radius 3 is 2.79 bits per heavy atom. The summed E-state index contributed by atoms with van der Waals surface area (Å²) in [7, 11) is 0. The number of nitrogens with zero attached hydrogens (tertiary/aromatic N) is 4. The van der Waals surface area contributed by atoms with E-state index in [-0.39, 0.29) is 24.1 Å². The first-order chi connectivity index (χ1) is 11.7. The van der Waals surface area contributed by atoms with Crippen LogP contribution >= 0.6 is 0 Å². The van der Waals surface area contributed by atoms with Gasteiger partial charge in [-0.15, -0.1) is 0 Å². The van der Waals surface area contributed by atoms with E-state index in [1.165, 1.54) is 12.1 Å². The summed E-state index contributed by atoms with van der Waals surface area (Å²) in [6, 6.07) is 9.48. The number of hydrogen-bond acceptors (Lipinski definition) is 5. The van der Waals surface area contributed by atoms with Gasteiger partial charge >= 0.3 is 0 Å². The third kappa shape index (κ3) is 2.64. The first-order valence-corrected chi connectivity index (χ1v) is 7.50. The SMILES string of the molecule is O=C1C[C@H](c2nc(-c3cccnc3)no2)CN1c1ccc(F)cc1. The molecule has 1 aliphatic heterocycles. The summed E-state index contributed by atoms with van der Waals surface area (Å²) in [5.41, 5.74) is 1.42. The predicted molar refractivity (Wildman–Crippen MR) is 83.6 cm³/mol. The molecular weight excluding hydrogens is 311 g/mol. The minimum Gasteiger partial charge on any atom is -0.339 e. The molecule has 3 aromatic rings. The van der Waals surface area contributed by atoms with Crippen LogP contribution in [0.4, 0.5) is 10.1 Å². The van der Waals surface area contributed by atoms with Gasteiger partial charge < -0.3 is 9.42 Å². The second-order valence-electron chi connectivity index (χ2n) is 5.58. The molecule has 7 heteroatoms. The van der Waals surface area contributed by atoms with Crippen LogP contribution in [-0.2, 0) is 4.79 Å². The second kappa shape index (κ2) is 5.84. The fourth-order valence-electron chi connectivity index (χ4n) is 2.76. The highest BCUT2D eigenvalue weighted by atomic mass is 19.1. The number of anilines is 1. The molecule has 120 valence electrons. The topological polar surface area (TPSA) is 72.1 Å². The van der Waals surface area contributed by atoms with Crippen LogP contribution < -0.4 is 4.90 Å². The number of amides is 1. The second-order valence-corrected chi connectivity index (χ2v) is 5.58. The van der Waals surface area contributed by atoms with Crippen molar-refractivity contribution in [2.75, 3.05) is 11.4 Å². The van der Waals surface area contributed by atoms with Crippen LogP contribution in [0.2, 0.25) is 0 Å². The molecule has 0 spiro atoms. The summed E-state index contributed by atoms with van der Waals surface area (Å²) in [5.74, 6) is 0.311. The van der Waals surface area contributed by atoms with Crippen molar-refractivity contribution in [3.8, 4) is 11.4 Å². The van der Waals surface area contributed by atoms with Crippen molar-refractivity contribution in [3.63, 3.8) is 0 Å². The number of pyridine rings is 1. The van der Waals surface area contributed by atoms with Gasteiger partial charge in [-0.1, -0.05) is 5.16 Å². The van der Waals surface area contributed by atoms with Crippen molar-refractivity contribution in [2.24, 2.45) is 0 Å². The van der Waals surface area contributed by atoms with Gasteiger partial charge in [0.25, 0.3) is 0 Å². The molecule has 1 saturated heterocycles. The summed E-state index contributed by atoms with van der Waals surface area (Å²) in [6.07, 6.45) is 3.60. The predicted octanol–water partition coefficient (Wildman–Crippen LogP) is 2.79. The number of carbonyl (C=O) groups excluding carboxylic acids is 1. The van der Waals surface area contributed by atoms with Gasteiger partial charge in [-0.3, -0.25) is 9.78 Å². The molecule has 1 amide bonds. The van der Waals surface area contributed by atoms with Crippen molar-refractivity contribution in [1.82, 2.24) is 15.1 Å². The van der Waals surface area contributed by atoms with Gasteiger partial charge in [-0.2, -0.15) is 4.98 Å². The Morgan fingerprint density at radius 1 is 1.21 bits per heavy atom. The summed E-state index contributed by atoms with van der Waals surface area (Å²) in [6.45, 7) is 0.430. The molecule has 3 heterocycles. The normalized spacial score (nSPS) is 17.5. The van der Waals surface area contributed by atoms with Crippen molar-refractivity contribution in [1.29, 1.82) is 0 Å². The van der Waals surface area contributed by atoms with E-state index in [1.54, 1.807) is 35.5 Å². The third-order valence-electron chi connectivity index (χ3n) is 3.97. The van der Waals surface area contributed by atoms with E-state index in [9.17, 15) is 9.18 Å². The molecule has 24 heavy (non-hydrogen) atoms. The molecule has 1 fully saturated rings. The molecule has 0 aliphatic carbocycles. The average Bonchev–Trinajstić information content (AvgIpc) is 3.23. The third-order valence-corrected chi connectivity index (χ3v) is 3.97. The number of hydrogen-bond donors (Lipinski definition) is 0. The Morgan fingerprint density at radius 2 is 2.04 bits per heavy atom. The maximum atomic E-state index is 13.0. The molecular formula is C17H13FN4O2. The number of aromatic nitrogens is 3. The molecule has 4 rings (SSSR count). The fraction of sp³-hybridized carbons (Fsp3) is 0.176. The smallest absolute Gasteiger partial charge is 0.232 e. The van der Waals surface area contributed by atoms with Gasteiger partial charge in [-0.25, -0.2) is 4.39 Å². The quantitative estimate of drug-likeness (QED) is 0.741. The lowest BCUT2D eigenvalue weighted by molar-refractivity contribution is -0.117. The minimum absolute atomic E-state index is 0.0484. The highest BCUT2D eigenvalue weighted by Crippen LogP contribution is 2.31. The zero-order valence-corrected chi connectivity index (χ0v) is 12.6. The van der Waals surface area contributed by atoms with Crippen LogP contribution in [0.5, 0.6) is 0 Å². The lowest BCUT2D eigenvalue weighted by Crippen LogP contribution is -2.24. The minimum atomic E-state index is -0.333. The first-order valence-electron chi connectivity index (χ1n) is 7.50. The summed E-state index contributed by atoms with van der Waals surface area (Å²) >= 11 is 0. The Kier molecular flexibility index (Phi) is 3.53. The summed E-state index contributed by atoms with van der Waals surface area (Å²) < 4.78 is 18.4. The molecule has 1 aromatic carbocycles. The van der Waals surface area contributed by atoms with E-state index in [2.05, 4.69) is 15.1 Å².